The number of nitrogens with zero attached hydrogens (tertiary/aromatic N) is 4. The molecule has 0 bridgehead atoms. The van der Waals surface area contributed by atoms with Crippen LogP contribution in [0.25, 0.3) is 22.3 Å². The second-order valence-electron chi connectivity index (χ2n) is 7.59. The van der Waals surface area contributed by atoms with Crippen molar-refractivity contribution in [2.45, 2.75) is 13.0 Å². The van der Waals surface area contributed by atoms with Crippen LogP contribution in [0.1, 0.15) is 17.0 Å². The predicted octanol–water partition coefficient (Wildman–Crippen LogP) is 3.89. The van der Waals surface area contributed by atoms with Crippen molar-refractivity contribution in [3.8, 4) is 17.1 Å². The van der Waals surface area contributed by atoms with Crippen LogP contribution in [0.4, 0.5) is 0 Å². The molecule has 5 aromatic rings. The van der Waals surface area contributed by atoms with Crippen LogP contribution in [-0.2, 0) is 20.1 Å². The zero-order valence-electron chi connectivity index (χ0n) is 17.5. The van der Waals surface area contributed by atoms with Gasteiger partial charge in [0.1, 0.15) is 35.1 Å². The quantitative estimate of drug-likeness (QED) is 0.448. The van der Waals surface area contributed by atoms with E-state index in [0.29, 0.717) is 33.9 Å². The second-order valence-corrected chi connectivity index (χ2v) is 7.59. The van der Waals surface area contributed by atoms with Crippen molar-refractivity contribution in [2.24, 2.45) is 7.05 Å². The second kappa shape index (κ2) is 8.47. The summed E-state index contributed by atoms with van der Waals surface area (Å²) in [5.41, 5.74) is 3.97. The van der Waals surface area contributed by atoms with Crippen LogP contribution in [0, 0.1) is 0 Å². The van der Waals surface area contributed by atoms with E-state index in [1.165, 1.54) is 11.1 Å². The summed E-state index contributed by atoms with van der Waals surface area (Å²) in [6, 6.07) is 19.9. The summed E-state index contributed by atoms with van der Waals surface area (Å²) in [5.74, 6) is 1.14. The third kappa shape index (κ3) is 4.13. The number of aryl methyl sites for hydroxylation is 1. The van der Waals surface area contributed by atoms with E-state index in [4.69, 9.17) is 4.74 Å². The number of nitrogens with one attached hydrogen (secondary N) is 1. The molecule has 0 saturated heterocycles. The lowest BCUT2D eigenvalue weighted by Crippen LogP contribution is -2.14. The van der Waals surface area contributed by atoms with Crippen molar-refractivity contribution in [1.29, 1.82) is 0 Å². The van der Waals surface area contributed by atoms with E-state index < -0.39 is 0 Å². The van der Waals surface area contributed by atoms with Crippen LogP contribution >= 0.6 is 0 Å². The lowest BCUT2D eigenvalue weighted by molar-refractivity contribution is 0.296. The van der Waals surface area contributed by atoms with Crippen LogP contribution in [0.2, 0.25) is 0 Å². The number of benzene rings is 2. The number of aromatic nitrogens is 5. The standard InChI is InChI=1S/C25H21N5O2/c1-30-14-21(27-16-30)24-23-20(11-12-26-24)25(31)29-22(28-23)15-32-19-9-7-18(8-10-19)13-17-5-3-2-4-6-17/h2-12,14,16H,13,15H2,1H3,(H,28,29,31). The molecule has 0 saturated carbocycles. The molecule has 0 amide bonds. The maximum absolute atomic E-state index is 12.6. The van der Waals surface area contributed by atoms with E-state index in [-0.39, 0.29) is 12.2 Å². The zero-order valence-corrected chi connectivity index (χ0v) is 17.5. The minimum Gasteiger partial charge on any atom is -0.486 e. The van der Waals surface area contributed by atoms with E-state index in [0.717, 1.165) is 6.42 Å². The third-order valence-corrected chi connectivity index (χ3v) is 5.17. The highest BCUT2D eigenvalue weighted by molar-refractivity contribution is 5.89. The Morgan fingerprint density at radius 2 is 1.75 bits per heavy atom. The summed E-state index contributed by atoms with van der Waals surface area (Å²) in [6.07, 6.45) is 5.99. The minimum atomic E-state index is -0.230. The van der Waals surface area contributed by atoms with Crippen molar-refractivity contribution in [3.63, 3.8) is 0 Å². The summed E-state index contributed by atoms with van der Waals surface area (Å²) in [5, 5.41) is 0.467. The van der Waals surface area contributed by atoms with Crippen molar-refractivity contribution < 1.29 is 4.74 Å². The number of rotatable bonds is 6. The van der Waals surface area contributed by atoms with Gasteiger partial charge < -0.3 is 14.3 Å². The van der Waals surface area contributed by atoms with Gasteiger partial charge in [-0.25, -0.2) is 9.97 Å². The van der Waals surface area contributed by atoms with E-state index in [9.17, 15) is 4.79 Å². The molecule has 0 aliphatic rings. The first kappa shape index (κ1) is 19.7. The molecule has 5 rings (SSSR count). The topological polar surface area (TPSA) is 85.7 Å². The number of fused-ring (bicyclic) bond motifs is 1. The highest BCUT2D eigenvalue weighted by Gasteiger charge is 2.13. The maximum Gasteiger partial charge on any atom is 0.258 e. The molecule has 0 spiro atoms. The number of hydrogen-bond donors (Lipinski definition) is 1. The summed E-state index contributed by atoms with van der Waals surface area (Å²) >= 11 is 0. The molecule has 0 aliphatic carbocycles. The van der Waals surface area contributed by atoms with E-state index in [1.54, 1.807) is 18.6 Å². The van der Waals surface area contributed by atoms with E-state index in [1.807, 2.05) is 60.3 Å². The molecular weight excluding hydrogens is 402 g/mol. The molecule has 3 aromatic heterocycles. The van der Waals surface area contributed by atoms with Gasteiger partial charge in [-0.3, -0.25) is 9.78 Å². The first-order chi connectivity index (χ1) is 15.7. The normalized spacial score (nSPS) is 11.0. The highest BCUT2D eigenvalue weighted by atomic mass is 16.5. The molecule has 158 valence electrons. The molecule has 0 radical (unpaired) electrons. The first-order valence-electron chi connectivity index (χ1n) is 10.3. The van der Waals surface area contributed by atoms with Gasteiger partial charge in [-0.1, -0.05) is 42.5 Å². The molecular formula is C25H21N5O2. The lowest BCUT2D eigenvalue weighted by Gasteiger charge is -2.09. The molecule has 0 unspecified atom stereocenters. The van der Waals surface area contributed by atoms with E-state index >= 15 is 0 Å². The SMILES string of the molecule is Cn1cnc(-c2nccc3c(=O)[nH]c(COc4ccc(Cc5ccccc5)cc4)nc23)c1. The lowest BCUT2D eigenvalue weighted by atomic mass is 10.1. The van der Waals surface area contributed by atoms with Crippen LogP contribution in [0.5, 0.6) is 5.75 Å². The summed E-state index contributed by atoms with van der Waals surface area (Å²) < 4.78 is 7.71. The molecule has 2 aromatic carbocycles. The van der Waals surface area contributed by atoms with Gasteiger partial charge in [0.15, 0.2) is 0 Å². The third-order valence-electron chi connectivity index (χ3n) is 5.17. The minimum absolute atomic E-state index is 0.139. The summed E-state index contributed by atoms with van der Waals surface area (Å²) in [6.45, 7) is 0.139. The number of aromatic amines is 1. The Hall–Kier alpha value is -4.26. The monoisotopic (exact) mass is 423 g/mol. The van der Waals surface area contributed by atoms with Crippen LogP contribution in [-0.4, -0.2) is 24.5 Å². The number of ether oxygens (including phenoxy) is 1. The van der Waals surface area contributed by atoms with Gasteiger partial charge >= 0.3 is 0 Å². The smallest absolute Gasteiger partial charge is 0.258 e. The maximum atomic E-state index is 12.6. The van der Waals surface area contributed by atoms with Crippen LogP contribution < -0.4 is 10.3 Å². The fourth-order valence-corrected chi connectivity index (χ4v) is 3.59. The number of hydrogen-bond acceptors (Lipinski definition) is 5. The Balaban J connectivity index is 1.36. The predicted molar refractivity (Wildman–Crippen MR) is 122 cm³/mol. The van der Waals surface area contributed by atoms with Crippen LogP contribution in [0.15, 0.2) is 84.2 Å². The van der Waals surface area contributed by atoms with Gasteiger partial charge in [0.2, 0.25) is 0 Å². The zero-order chi connectivity index (χ0) is 21.9. The van der Waals surface area contributed by atoms with Crippen molar-refractivity contribution in [2.75, 3.05) is 0 Å². The average molecular weight is 423 g/mol. The Morgan fingerprint density at radius 1 is 0.969 bits per heavy atom. The molecule has 0 fully saturated rings. The summed E-state index contributed by atoms with van der Waals surface area (Å²) in [4.78, 5) is 28.8. The van der Waals surface area contributed by atoms with Gasteiger partial charge in [-0.15, -0.1) is 0 Å². The molecule has 0 aliphatic heterocycles. The van der Waals surface area contributed by atoms with Gasteiger partial charge in [-0.05, 0) is 35.7 Å². The molecule has 7 nitrogen and oxygen atoms in total. The molecule has 0 atom stereocenters. The number of H-pyrrole nitrogens is 1. The summed E-state index contributed by atoms with van der Waals surface area (Å²) in [7, 11) is 1.88. The number of pyridine rings is 1. The van der Waals surface area contributed by atoms with Crippen molar-refractivity contribution in [3.05, 3.63) is 107 Å². The van der Waals surface area contributed by atoms with Crippen LogP contribution in [0.3, 0.4) is 0 Å². The fraction of sp³-hybridized carbons (Fsp3) is 0.120. The average Bonchev–Trinajstić information content (AvgIpc) is 3.25. The van der Waals surface area contributed by atoms with Gasteiger partial charge in [0, 0.05) is 19.4 Å². The molecule has 1 N–H and O–H groups in total. The van der Waals surface area contributed by atoms with Gasteiger partial charge in [-0.2, -0.15) is 0 Å². The van der Waals surface area contributed by atoms with Gasteiger partial charge in [0.05, 0.1) is 11.7 Å². The van der Waals surface area contributed by atoms with Crippen molar-refractivity contribution in [1.82, 2.24) is 24.5 Å². The first-order valence-corrected chi connectivity index (χ1v) is 10.3. The highest BCUT2D eigenvalue weighted by Crippen LogP contribution is 2.22. The van der Waals surface area contributed by atoms with Gasteiger partial charge in [0.25, 0.3) is 5.56 Å². The Labute approximate surface area is 184 Å². The number of imidazole rings is 1. The molecule has 7 heteroatoms. The van der Waals surface area contributed by atoms with Crippen molar-refractivity contribution >= 4 is 10.9 Å². The van der Waals surface area contributed by atoms with E-state index in [2.05, 4.69) is 32.1 Å². The fourth-order valence-electron chi connectivity index (χ4n) is 3.59. The Bertz CT molecular complexity index is 1420. The Kier molecular flexibility index (Phi) is 5.21. The largest absolute Gasteiger partial charge is 0.486 e. The molecule has 32 heavy (non-hydrogen) atoms. The Morgan fingerprint density at radius 3 is 2.50 bits per heavy atom. The molecule has 3 heterocycles.